The maximum absolute atomic E-state index is 11.8. The normalized spacial score (nSPS) is 9.95. The predicted octanol–water partition coefficient (Wildman–Crippen LogP) is 2.80. The molecule has 1 aromatic rings. The zero-order chi connectivity index (χ0) is 15.0. The minimum atomic E-state index is -0.464. The largest absolute Gasteiger partial charge is 0.496 e. The van der Waals surface area contributed by atoms with Gasteiger partial charge in [0.25, 0.3) is 0 Å². The number of halogens is 1. The van der Waals surface area contributed by atoms with Gasteiger partial charge in [-0.1, -0.05) is 6.92 Å². The van der Waals surface area contributed by atoms with Crippen molar-refractivity contribution in [3.63, 3.8) is 0 Å². The molecule has 0 unspecified atom stereocenters. The Balaban J connectivity index is 2.43. The van der Waals surface area contributed by atoms with E-state index in [9.17, 15) is 9.59 Å². The SMILES string of the molecule is CCCOC(=O)CCOC(=O)c1ccc(OC)c(I)c1. The molecule has 0 radical (unpaired) electrons. The molecule has 0 spiro atoms. The van der Waals surface area contributed by atoms with Gasteiger partial charge in [0.1, 0.15) is 12.4 Å². The molecule has 6 heteroatoms. The van der Waals surface area contributed by atoms with Gasteiger partial charge in [0.15, 0.2) is 0 Å². The summed E-state index contributed by atoms with van der Waals surface area (Å²) in [4.78, 5) is 23.0. The zero-order valence-corrected chi connectivity index (χ0v) is 13.6. The van der Waals surface area contributed by atoms with E-state index in [0.717, 1.165) is 9.99 Å². The quantitative estimate of drug-likeness (QED) is 0.528. The summed E-state index contributed by atoms with van der Waals surface area (Å²) < 4.78 is 15.8. The standard InChI is InChI=1S/C14H17IO5/c1-3-7-19-13(16)6-8-20-14(17)10-4-5-12(18-2)11(15)9-10/h4-5,9H,3,6-8H2,1-2H3. The molecule has 110 valence electrons. The number of ether oxygens (including phenoxy) is 3. The summed E-state index contributed by atoms with van der Waals surface area (Å²) in [7, 11) is 1.57. The highest BCUT2D eigenvalue weighted by molar-refractivity contribution is 14.1. The molecule has 5 nitrogen and oxygen atoms in total. The van der Waals surface area contributed by atoms with Crippen molar-refractivity contribution in [3.05, 3.63) is 27.3 Å². The van der Waals surface area contributed by atoms with E-state index in [-0.39, 0.29) is 19.0 Å². The first kappa shape index (κ1) is 16.7. The fourth-order valence-corrected chi connectivity index (χ4v) is 2.13. The summed E-state index contributed by atoms with van der Waals surface area (Å²) in [5, 5.41) is 0. The van der Waals surface area contributed by atoms with Crippen LogP contribution in [0.5, 0.6) is 5.75 Å². The van der Waals surface area contributed by atoms with Crippen molar-refractivity contribution >= 4 is 34.5 Å². The van der Waals surface area contributed by atoms with Crippen LogP contribution in [0.3, 0.4) is 0 Å². The molecule has 0 amide bonds. The van der Waals surface area contributed by atoms with Crippen LogP contribution in [0.15, 0.2) is 18.2 Å². The lowest BCUT2D eigenvalue weighted by atomic mass is 10.2. The van der Waals surface area contributed by atoms with Crippen LogP contribution in [-0.4, -0.2) is 32.3 Å². The van der Waals surface area contributed by atoms with Gasteiger partial charge in [-0.2, -0.15) is 0 Å². The number of methoxy groups -OCH3 is 1. The predicted molar refractivity (Wildman–Crippen MR) is 81.9 cm³/mol. The molecular weight excluding hydrogens is 375 g/mol. The zero-order valence-electron chi connectivity index (χ0n) is 11.5. The van der Waals surface area contributed by atoms with E-state index in [4.69, 9.17) is 14.2 Å². The van der Waals surface area contributed by atoms with Crippen LogP contribution in [0.2, 0.25) is 0 Å². The van der Waals surface area contributed by atoms with Crippen molar-refractivity contribution in [2.45, 2.75) is 19.8 Å². The van der Waals surface area contributed by atoms with Crippen molar-refractivity contribution in [2.24, 2.45) is 0 Å². The summed E-state index contributed by atoms with van der Waals surface area (Å²) in [6.07, 6.45) is 0.842. The molecule has 0 aliphatic heterocycles. The van der Waals surface area contributed by atoms with Gasteiger partial charge in [-0.25, -0.2) is 4.79 Å². The minimum absolute atomic E-state index is 0.0178. The van der Waals surface area contributed by atoms with Gasteiger partial charge in [0, 0.05) is 0 Å². The van der Waals surface area contributed by atoms with Crippen molar-refractivity contribution < 1.29 is 23.8 Å². The van der Waals surface area contributed by atoms with Crippen LogP contribution in [0.1, 0.15) is 30.1 Å². The molecule has 1 aromatic carbocycles. The molecule has 0 fully saturated rings. The number of rotatable bonds is 7. The van der Waals surface area contributed by atoms with Gasteiger partial charge in [0.05, 0.1) is 29.3 Å². The summed E-state index contributed by atoms with van der Waals surface area (Å²) in [6.45, 7) is 2.33. The topological polar surface area (TPSA) is 61.8 Å². The second-order valence-corrected chi connectivity index (χ2v) is 5.12. The van der Waals surface area contributed by atoms with E-state index in [2.05, 4.69) is 22.6 Å². The Morgan fingerprint density at radius 2 is 1.95 bits per heavy atom. The highest BCUT2D eigenvalue weighted by atomic mass is 127. The van der Waals surface area contributed by atoms with E-state index in [1.807, 2.05) is 6.92 Å². The Hall–Kier alpha value is -1.31. The first-order valence-corrected chi connectivity index (χ1v) is 7.32. The Morgan fingerprint density at radius 1 is 1.20 bits per heavy atom. The van der Waals surface area contributed by atoms with E-state index in [1.54, 1.807) is 25.3 Å². The maximum atomic E-state index is 11.8. The lowest BCUT2D eigenvalue weighted by molar-refractivity contribution is -0.144. The first-order chi connectivity index (χ1) is 9.58. The Labute approximate surface area is 131 Å². The summed E-state index contributed by atoms with van der Waals surface area (Å²) in [6, 6.07) is 5.00. The second-order valence-electron chi connectivity index (χ2n) is 3.96. The molecule has 0 heterocycles. The average molecular weight is 392 g/mol. The van der Waals surface area contributed by atoms with E-state index >= 15 is 0 Å². The molecule has 0 aliphatic carbocycles. The molecule has 0 atom stereocenters. The Bertz CT molecular complexity index is 473. The van der Waals surface area contributed by atoms with Crippen LogP contribution in [0, 0.1) is 3.57 Å². The fraction of sp³-hybridized carbons (Fsp3) is 0.429. The van der Waals surface area contributed by atoms with Gasteiger partial charge in [-0.05, 0) is 47.2 Å². The molecule has 0 aromatic heterocycles. The first-order valence-electron chi connectivity index (χ1n) is 6.24. The van der Waals surface area contributed by atoms with Gasteiger partial charge < -0.3 is 14.2 Å². The smallest absolute Gasteiger partial charge is 0.338 e. The van der Waals surface area contributed by atoms with Gasteiger partial charge in [-0.3, -0.25) is 4.79 Å². The third kappa shape index (κ3) is 5.36. The van der Waals surface area contributed by atoms with Crippen LogP contribution in [0.25, 0.3) is 0 Å². The highest BCUT2D eigenvalue weighted by Gasteiger charge is 2.11. The molecule has 0 saturated carbocycles. The van der Waals surface area contributed by atoms with Crippen LogP contribution < -0.4 is 4.74 Å². The maximum Gasteiger partial charge on any atom is 0.338 e. The number of benzene rings is 1. The van der Waals surface area contributed by atoms with Crippen molar-refractivity contribution in [1.82, 2.24) is 0 Å². The van der Waals surface area contributed by atoms with Gasteiger partial charge >= 0.3 is 11.9 Å². The number of hydrogen-bond donors (Lipinski definition) is 0. The number of carbonyl (C=O) groups is 2. The Morgan fingerprint density at radius 3 is 2.55 bits per heavy atom. The molecule has 1 rings (SSSR count). The minimum Gasteiger partial charge on any atom is -0.496 e. The fourth-order valence-electron chi connectivity index (χ4n) is 1.39. The van der Waals surface area contributed by atoms with Crippen LogP contribution in [-0.2, 0) is 14.3 Å². The molecule has 0 N–H and O–H groups in total. The van der Waals surface area contributed by atoms with Crippen LogP contribution in [0.4, 0.5) is 0 Å². The molecule has 0 aliphatic rings. The third-order valence-electron chi connectivity index (χ3n) is 2.39. The second kappa shape index (κ2) is 8.78. The van der Waals surface area contributed by atoms with Crippen LogP contribution >= 0.6 is 22.6 Å². The third-order valence-corrected chi connectivity index (χ3v) is 3.24. The molecule has 0 bridgehead atoms. The lowest BCUT2D eigenvalue weighted by Gasteiger charge is -2.07. The van der Waals surface area contributed by atoms with Crippen molar-refractivity contribution in [2.75, 3.05) is 20.3 Å². The monoisotopic (exact) mass is 392 g/mol. The van der Waals surface area contributed by atoms with E-state index in [1.165, 1.54) is 0 Å². The molecular formula is C14H17IO5. The summed E-state index contributed by atoms with van der Waals surface area (Å²) >= 11 is 2.08. The molecule has 20 heavy (non-hydrogen) atoms. The average Bonchev–Trinajstić information content (AvgIpc) is 2.44. The van der Waals surface area contributed by atoms with Gasteiger partial charge in [0.2, 0.25) is 0 Å². The number of esters is 2. The molecule has 0 saturated heterocycles. The van der Waals surface area contributed by atoms with E-state index in [0.29, 0.717) is 17.9 Å². The van der Waals surface area contributed by atoms with Crippen molar-refractivity contribution in [1.29, 1.82) is 0 Å². The number of hydrogen-bond acceptors (Lipinski definition) is 5. The van der Waals surface area contributed by atoms with Crippen molar-refractivity contribution in [3.8, 4) is 5.75 Å². The number of carbonyl (C=O) groups excluding carboxylic acids is 2. The van der Waals surface area contributed by atoms with E-state index < -0.39 is 5.97 Å². The summed E-state index contributed by atoms with van der Waals surface area (Å²) in [5.74, 6) is -0.122. The highest BCUT2D eigenvalue weighted by Crippen LogP contribution is 2.21. The van der Waals surface area contributed by atoms with Gasteiger partial charge in [-0.15, -0.1) is 0 Å². The summed E-state index contributed by atoms with van der Waals surface area (Å²) in [5.41, 5.74) is 0.428. The lowest BCUT2D eigenvalue weighted by Crippen LogP contribution is -2.12. The Kier molecular flexibility index (Phi) is 7.35.